The molecule has 1 heterocycles. The van der Waals surface area contributed by atoms with Crippen molar-refractivity contribution >= 4 is 29.8 Å². The molecule has 22 heavy (non-hydrogen) atoms. The Morgan fingerprint density at radius 2 is 2.09 bits per heavy atom. The molecule has 0 aliphatic carbocycles. The van der Waals surface area contributed by atoms with Gasteiger partial charge in [0.25, 0.3) is 0 Å². The van der Waals surface area contributed by atoms with Crippen LogP contribution >= 0.6 is 23.5 Å². The fraction of sp³-hybridized carbons (Fsp3) is 0.611. The molecule has 0 radical (unpaired) electrons. The first kappa shape index (κ1) is 17.7. The predicted molar refractivity (Wildman–Crippen MR) is 98.2 cm³/mol. The van der Waals surface area contributed by atoms with Crippen LogP contribution in [0.3, 0.4) is 0 Å². The van der Waals surface area contributed by atoms with Crippen LogP contribution in [-0.4, -0.2) is 25.4 Å². The molecular weight excluding hydrogens is 312 g/mol. The normalized spacial score (nSPS) is 17.4. The van der Waals surface area contributed by atoms with Crippen molar-refractivity contribution < 1.29 is 9.53 Å². The van der Waals surface area contributed by atoms with Gasteiger partial charge in [0.15, 0.2) is 0 Å². The van der Waals surface area contributed by atoms with Crippen LogP contribution < -0.4 is 4.74 Å². The van der Waals surface area contributed by atoms with Crippen LogP contribution in [-0.2, 0) is 8.87 Å². The van der Waals surface area contributed by atoms with E-state index in [-0.39, 0.29) is 10.00 Å². The van der Waals surface area contributed by atoms with Gasteiger partial charge >= 0.3 is 0 Å². The Labute approximate surface area is 142 Å². The lowest BCUT2D eigenvalue weighted by atomic mass is 9.91. The summed E-state index contributed by atoms with van der Waals surface area (Å²) in [6.45, 7) is 2.96. The summed E-state index contributed by atoms with van der Waals surface area (Å²) in [5.41, 5.74) is 2.39. The van der Waals surface area contributed by atoms with Crippen LogP contribution in [0.25, 0.3) is 0 Å². The van der Waals surface area contributed by atoms with Gasteiger partial charge in [-0.2, -0.15) is 0 Å². The summed E-state index contributed by atoms with van der Waals surface area (Å²) in [6.07, 6.45) is 10.9. The number of aldehydes is 1. The van der Waals surface area contributed by atoms with Gasteiger partial charge in [-0.1, -0.05) is 32.3 Å². The number of carbonyl (C=O) groups excluding carboxylic acids is 1. The SMILES string of the molecule is CCCCC[C@H](C=O)c1ccc2c(c1)C(SC)(SC)CCO2. The zero-order valence-electron chi connectivity index (χ0n) is 13.8. The molecular formula is C18H26O2S2. The molecule has 0 N–H and O–H groups in total. The van der Waals surface area contributed by atoms with Crippen LogP contribution in [0.2, 0.25) is 0 Å². The lowest BCUT2D eigenvalue weighted by Gasteiger charge is -2.36. The van der Waals surface area contributed by atoms with E-state index in [9.17, 15) is 4.79 Å². The first-order valence-electron chi connectivity index (χ1n) is 8.03. The number of fused-ring (bicyclic) bond motifs is 1. The topological polar surface area (TPSA) is 26.3 Å². The van der Waals surface area contributed by atoms with Crippen molar-refractivity contribution in [2.75, 3.05) is 19.1 Å². The first-order valence-corrected chi connectivity index (χ1v) is 10.5. The summed E-state index contributed by atoms with van der Waals surface area (Å²) < 4.78 is 5.89. The second kappa shape index (κ2) is 8.30. The van der Waals surface area contributed by atoms with E-state index in [1.807, 2.05) is 23.5 Å². The minimum atomic E-state index is 0.0141. The van der Waals surface area contributed by atoms with Gasteiger partial charge in [-0.3, -0.25) is 0 Å². The fourth-order valence-electron chi connectivity index (χ4n) is 3.07. The van der Waals surface area contributed by atoms with Crippen molar-refractivity contribution in [1.29, 1.82) is 0 Å². The summed E-state index contributed by atoms with van der Waals surface area (Å²) in [5.74, 6) is 0.997. The van der Waals surface area contributed by atoms with E-state index in [1.54, 1.807) is 0 Å². The molecule has 1 aromatic carbocycles. The molecule has 1 aliphatic heterocycles. The minimum absolute atomic E-state index is 0.0141. The third kappa shape index (κ3) is 3.65. The molecule has 0 saturated heterocycles. The monoisotopic (exact) mass is 338 g/mol. The lowest BCUT2D eigenvalue weighted by Crippen LogP contribution is -2.26. The van der Waals surface area contributed by atoms with Crippen molar-refractivity contribution in [3.63, 3.8) is 0 Å². The van der Waals surface area contributed by atoms with Gasteiger partial charge in [0.2, 0.25) is 0 Å². The maximum absolute atomic E-state index is 11.5. The van der Waals surface area contributed by atoms with E-state index in [0.29, 0.717) is 0 Å². The highest BCUT2D eigenvalue weighted by atomic mass is 32.2. The van der Waals surface area contributed by atoms with Crippen molar-refractivity contribution in [1.82, 2.24) is 0 Å². The molecule has 0 fully saturated rings. The summed E-state index contributed by atoms with van der Waals surface area (Å²) in [6, 6.07) is 6.34. The van der Waals surface area contributed by atoms with E-state index in [4.69, 9.17) is 4.74 Å². The Balaban J connectivity index is 2.30. The smallest absolute Gasteiger partial charge is 0.127 e. The fourth-order valence-corrected chi connectivity index (χ4v) is 5.07. The number of hydrogen-bond acceptors (Lipinski definition) is 4. The number of ether oxygens (including phenoxy) is 1. The summed E-state index contributed by atoms with van der Waals surface area (Å²) in [5, 5.41) is 0. The Morgan fingerprint density at radius 1 is 1.32 bits per heavy atom. The van der Waals surface area contributed by atoms with Gasteiger partial charge in [-0.15, -0.1) is 23.5 Å². The van der Waals surface area contributed by atoms with E-state index in [1.165, 1.54) is 18.4 Å². The van der Waals surface area contributed by atoms with Crippen LogP contribution in [0.1, 0.15) is 56.1 Å². The second-order valence-corrected chi connectivity index (χ2v) is 8.22. The average Bonchev–Trinajstić information content (AvgIpc) is 2.58. The molecule has 2 nitrogen and oxygen atoms in total. The Hall–Kier alpha value is -0.610. The highest BCUT2D eigenvalue weighted by molar-refractivity contribution is 8.16. The highest BCUT2D eigenvalue weighted by Gasteiger charge is 2.37. The zero-order valence-corrected chi connectivity index (χ0v) is 15.4. The van der Waals surface area contributed by atoms with Gasteiger partial charge < -0.3 is 9.53 Å². The molecule has 0 amide bonds. The summed E-state index contributed by atoms with van der Waals surface area (Å²) in [7, 11) is 0. The van der Waals surface area contributed by atoms with Crippen LogP contribution in [0, 0.1) is 0 Å². The lowest BCUT2D eigenvalue weighted by molar-refractivity contribution is -0.109. The standard InChI is InChI=1S/C18H26O2S2/c1-4-5-6-7-15(13-19)14-8-9-17-16(12-14)18(21-2,22-3)10-11-20-17/h8-9,12-13,15H,4-7,10-11H2,1-3H3/t15-/m1/s1. The van der Waals surface area contributed by atoms with Crippen molar-refractivity contribution in [3.05, 3.63) is 29.3 Å². The molecule has 0 bridgehead atoms. The van der Waals surface area contributed by atoms with E-state index in [2.05, 4.69) is 37.6 Å². The number of rotatable bonds is 8. The molecule has 0 aromatic heterocycles. The molecule has 2 rings (SSSR count). The quantitative estimate of drug-likeness (QED) is 0.369. The van der Waals surface area contributed by atoms with Gasteiger partial charge in [-0.25, -0.2) is 0 Å². The van der Waals surface area contributed by atoms with Crippen molar-refractivity contribution in [3.8, 4) is 5.75 Å². The largest absolute Gasteiger partial charge is 0.493 e. The van der Waals surface area contributed by atoms with Crippen LogP contribution in [0.5, 0.6) is 5.75 Å². The van der Waals surface area contributed by atoms with Gasteiger partial charge in [-0.05, 0) is 36.6 Å². The van der Waals surface area contributed by atoms with Gasteiger partial charge in [0.1, 0.15) is 12.0 Å². The minimum Gasteiger partial charge on any atom is -0.493 e. The molecule has 1 aromatic rings. The first-order chi connectivity index (χ1) is 10.7. The maximum atomic E-state index is 11.5. The molecule has 122 valence electrons. The Bertz CT molecular complexity index is 498. The molecule has 4 heteroatoms. The molecule has 1 atom stereocenters. The van der Waals surface area contributed by atoms with Crippen molar-refractivity contribution in [2.45, 2.75) is 49.0 Å². The molecule has 0 spiro atoms. The van der Waals surface area contributed by atoms with Crippen LogP contribution in [0.15, 0.2) is 18.2 Å². The van der Waals surface area contributed by atoms with Gasteiger partial charge in [0.05, 0.1) is 10.7 Å². The van der Waals surface area contributed by atoms with Gasteiger partial charge in [0, 0.05) is 17.9 Å². The number of thioether (sulfide) groups is 2. The van der Waals surface area contributed by atoms with Crippen LogP contribution in [0.4, 0.5) is 0 Å². The Kier molecular flexibility index (Phi) is 6.69. The van der Waals surface area contributed by atoms with E-state index < -0.39 is 0 Å². The second-order valence-electron chi connectivity index (χ2n) is 5.75. The predicted octanol–water partition coefficient (Wildman–Crippen LogP) is 5.21. The van der Waals surface area contributed by atoms with E-state index in [0.717, 1.165) is 43.5 Å². The zero-order chi connectivity index (χ0) is 16.0. The number of benzene rings is 1. The third-order valence-electron chi connectivity index (χ3n) is 4.47. The molecule has 0 unspecified atom stereocenters. The number of hydrogen-bond donors (Lipinski definition) is 0. The maximum Gasteiger partial charge on any atom is 0.127 e. The molecule has 1 aliphatic rings. The van der Waals surface area contributed by atoms with E-state index >= 15 is 0 Å². The number of carbonyl (C=O) groups is 1. The summed E-state index contributed by atoms with van der Waals surface area (Å²) >= 11 is 3.76. The Morgan fingerprint density at radius 3 is 2.73 bits per heavy atom. The third-order valence-corrected chi connectivity index (χ3v) is 7.64. The summed E-state index contributed by atoms with van der Waals surface area (Å²) in [4.78, 5) is 11.5. The molecule has 0 saturated carbocycles. The number of unbranched alkanes of at least 4 members (excludes halogenated alkanes) is 2. The highest BCUT2D eigenvalue weighted by Crippen LogP contribution is 2.52. The average molecular weight is 339 g/mol. The van der Waals surface area contributed by atoms with Crippen molar-refractivity contribution in [2.24, 2.45) is 0 Å².